The number of carbonyl (C=O) groups excluding carboxylic acids is 1. The summed E-state index contributed by atoms with van der Waals surface area (Å²) < 4.78 is 0. The highest BCUT2D eigenvalue weighted by Gasteiger charge is 2.18. The van der Waals surface area contributed by atoms with Crippen LogP contribution in [0.1, 0.15) is 15.9 Å². The molecule has 1 saturated heterocycles. The third-order valence-corrected chi connectivity index (χ3v) is 4.78. The van der Waals surface area contributed by atoms with E-state index in [2.05, 4.69) is 33.8 Å². The van der Waals surface area contributed by atoms with E-state index in [-0.39, 0.29) is 5.91 Å². The number of benzene rings is 2. The van der Waals surface area contributed by atoms with Gasteiger partial charge in [0.25, 0.3) is 5.91 Å². The molecule has 0 aliphatic carbocycles. The highest BCUT2D eigenvalue weighted by Crippen LogP contribution is 2.21. The molecule has 2 aromatic carbocycles. The van der Waals surface area contributed by atoms with Crippen molar-refractivity contribution in [1.82, 2.24) is 10.2 Å². The summed E-state index contributed by atoms with van der Waals surface area (Å²) in [4.78, 5) is 16.9. The molecule has 136 valence electrons. The van der Waals surface area contributed by atoms with Crippen molar-refractivity contribution in [2.75, 3.05) is 37.6 Å². The first-order valence-corrected chi connectivity index (χ1v) is 9.24. The van der Waals surface area contributed by atoms with Crippen LogP contribution in [0.2, 0.25) is 5.02 Å². The summed E-state index contributed by atoms with van der Waals surface area (Å²) in [6.07, 6.45) is 1.68. The average molecular weight is 370 g/mol. The van der Waals surface area contributed by atoms with Crippen LogP contribution in [0.15, 0.2) is 61.2 Å². The second kappa shape index (κ2) is 8.88. The molecule has 4 nitrogen and oxygen atoms in total. The Kier molecular flexibility index (Phi) is 6.31. The number of anilines is 1. The van der Waals surface area contributed by atoms with Crippen LogP contribution in [0.5, 0.6) is 0 Å². The van der Waals surface area contributed by atoms with Crippen molar-refractivity contribution in [3.63, 3.8) is 0 Å². The third-order valence-electron chi connectivity index (χ3n) is 4.55. The molecule has 0 radical (unpaired) electrons. The molecular weight excluding hydrogens is 346 g/mol. The molecule has 1 heterocycles. The molecule has 0 aromatic heterocycles. The Morgan fingerprint density at radius 2 is 1.88 bits per heavy atom. The summed E-state index contributed by atoms with van der Waals surface area (Å²) in [6.45, 7) is 8.87. The maximum Gasteiger partial charge on any atom is 0.251 e. The Labute approximate surface area is 160 Å². The van der Waals surface area contributed by atoms with Gasteiger partial charge in [-0.3, -0.25) is 9.69 Å². The minimum atomic E-state index is -0.0578. The molecule has 1 fully saturated rings. The predicted octanol–water partition coefficient (Wildman–Crippen LogP) is 3.58. The number of nitrogens with zero attached hydrogens (tertiary/aromatic N) is 2. The minimum absolute atomic E-state index is 0.0578. The largest absolute Gasteiger partial charge is 0.369 e. The first-order chi connectivity index (χ1) is 12.7. The number of piperazine rings is 1. The van der Waals surface area contributed by atoms with E-state index in [0.717, 1.165) is 43.3 Å². The number of hydrogen-bond donors (Lipinski definition) is 1. The van der Waals surface area contributed by atoms with Gasteiger partial charge in [-0.15, -0.1) is 6.58 Å². The highest BCUT2D eigenvalue weighted by atomic mass is 35.5. The zero-order valence-electron chi connectivity index (χ0n) is 14.8. The van der Waals surface area contributed by atoms with E-state index in [0.29, 0.717) is 12.1 Å². The lowest BCUT2D eigenvalue weighted by Gasteiger charge is -2.36. The van der Waals surface area contributed by atoms with Gasteiger partial charge >= 0.3 is 0 Å². The Balaban J connectivity index is 1.56. The van der Waals surface area contributed by atoms with Crippen LogP contribution >= 0.6 is 11.6 Å². The predicted molar refractivity (Wildman–Crippen MR) is 108 cm³/mol. The van der Waals surface area contributed by atoms with Crippen LogP contribution in [-0.4, -0.2) is 43.5 Å². The lowest BCUT2D eigenvalue weighted by molar-refractivity contribution is 0.0958. The molecule has 1 aliphatic rings. The lowest BCUT2D eigenvalue weighted by atomic mass is 10.1. The molecular formula is C21H24ClN3O. The second-order valence-electron chi connectivity index (χ2n) is 6.44. The molecule has 3 rings (SSSR count). The van der Waals surface area contributed by atoms with Gasteiger partial charge in [0, 0.05) is 55.5 Å². The van der Waals surface area contributed by atoms with E-state index >= 15 is 0 Å². The van der Waals surface area contributed by atoms with E-state index in [4.69, 9.17) is 11.6 Å². The number of carbonyl (C=O) groups is 1. The molecule has 0 spiro atoms. The fourth-order valence-electron chi connectivity index (χ4n) is 3.17. The Bertz CT molecular complexity index is 769. The summed E-state index contributed by atoms with van der Waals surface area (Å²) in [5.74, 6) is -0.0578. The minimum Gasteiger partial charge on any atom is -0.369 e. The van der Waals surface area contributed by atoms with Gasteiger partial charge in [0.15, 0.2) is 0 Å². The van der Waals surface area contributed by atoms with E-state index < -0.39 is 0 Å². The second-order valence-corrected chi connectivity index (χ2v) is 6.88. The van der Waals surface area contributed by atoms with Crippen molar-refractivity contribution < 1.29 is 4.79 Å². The van der Waals surface area contributed by atoms with Gasteiger partial charge in [-0.05, 0) is 35.9 Å². The average Bonchev–Trinajstić information content (AvgIpc) is 2.67. The van der Waals surface area contributed by atoms with Crippen molar-refractivity contribution in [3.05, 3.63) is 77.3 Å². The molecule has 0 saturated carbocycles. The lowest BCUT2D eigenvalue weighted by Crippen LogP contribution is -2.46. The Morgan fingerprint density at radius 3 is 2.62 bits per heavy atom. The summed E-state index contributed by atoms with van der Waals surface area (Å²) in [6, 6.07) is 15.9. The zero-order chi connectivity index (χ0) is 18.4. The van der Waals surface area contributed by atoms with Gasteiger partial charge in [-0.25, -0.2) is 0 Å². The standard InChI is InChI=1S/C21H24ClN3O/c1-2-9-23-21(26)18-6-3-5-17(14-18)16-24-10-12-25(13-11-24)20-8-4-7-19(22)15-20/h2-8,14-15H,1,9-13,16H2,(H,23,26). The number of hydrogen-bond acceptors (Lipinski definition) is 3. The molecule has 1 aliphatic heterocycles. The van der Waals surface area contributed by atoms with E-state index in [1.54, 1.807) is 6.08 Å². The monoisotopic (exact) mass is 369 g/mol. The Morgan fingerprint density at radius 1 is 1.12 bits per heavy atom. The van der Waals surface area contributed by atoms with E-state index in [1.165, 1.54) is 5.69 Å². The van der Waals surface area contributed by atoms with Crippen LogP contribution in [-0.2, 0) is 6.54 Å². The van der Waals surface area contributed by atoms with Crippen molar-refractivity contribution >= 4 is 23.2 Å². The first-order valence-electron chi connectivity index (χ1n) is 8.86. The van der Waals surface area contributed by atoms with E-state index in [1.807, 2.05) is 36.4 Å². The Hall–Kier alpha value is -2.30. The smallest absolute Gasteiger partial charge is 0.251 e. The molecule has 0 unspecified atom stereocenters. The third kappa shape index (κ3) is 4.87. The first kappa shape index (κ1) is 18.5. The summed E-state index contributed by atoms with van der Waals surface area (Å²) in [7, 11) is 0. The molecule has 2 aromatic rings. The van der Waals surface area contributed by atoms with Crippen molar-refractivity contribution in [1.29, 1.82) is 0 Å². The van der Waals surface area contributed by atoms with Gasteiger partial charge in [0.2, 0.25) is 0 Å². The molecule has 1 N–H and O–H groups in total. The SMILES string of the molecule is C=CCNC(=O)c1cccc(CN2CCN(c3cccc(Cl)c3)CC2)c1. The van der Waals surface area contributed by atoms with Crippen LogP contribution in [0, 0.1) is 0 Å². The molecule has 1 amide bonds. The van der Waals surface area contributed by atoms with Gasteiger partial charge in [0.1, 0.15) is 0 Å². The van der Waals surface area contributed by atoms with Crippen LogP contribution in [0.3, 0.4) is 0 Å². The number of amides is 1. The molecule has 0 bridgehead atoms. The molecule has 5 heteroatoms. The number of rotatable bonds is 6. The maximum atomic E-state index is 12.1. The van der Waals surface area contributed by atoms with Gasteiger partial charge in [-0.1, -0.05) is 35.9 Å². The van der Waals surface area contributed by atoms with E-state index in [9.17, 15) is 4.79 Å². The van der Waals surface area contributed by atoms with Crippen LogP contribution in [0.4, 0.5) is 5.69 Å². The fourth-order valence-corrected chi connectivity index (χ4v) is 3.36. The number of halogens is 1. The van der Waals surface area contributed by atoms with Crippen LogP contribution in [0.25, 0.3) is 0 Å². The quantitative estimate of drug-likeness (QED) is 0.790. The summed E-state index contributed by atoms with van der Waals surface area (Å²) >= 11 is 6.10. The molecule has 26 heavy (non-hydrogen) atoms. The van der Waals surface area contributed by atoms with Gasteiger partial charge in [-0.2, -0.15) is 0 Å². The molecule has 0 atom stereocenters. The normalized spacial score (nSPS) is 14.9. The number of nitrogens with one attached hydrogen (secondary N) is 1. The van der Waals surface area contributed by atoms with Crippen LogP contribution < -0.4 is 10.2 Å². The summed E-state index contributed by atoms with van der Waals surface area (Å²) in [5.41, 5.74) is 3.03. The van der Waals surface area contributed by atoms with Gasteiger partial charge < -0.3 is 10.2 Å². The van der Waals surface area contributed by atoms with Gasteiger partial charge in [0.05, 0.1) is 0 Å². The van der Waals surface area contributed by atoms with Crippen molar-refractivity contribution in [3.8, 4) is 0 Å². The fraction of sp³-hybridized carbons (Fsp3) is 0.286. The maximum absolute atomic E-state index is 12.1. The highest BCUT2D eigenvalue weighted by molar-refractivity contribution is 6.30. The topological polar surface area (TPSA) is 35.6 Å². The zero-order valence-corrected chi connectivity index (χ0v) is 15.6. The summed E-state index contributed by atoms with van der Waals surface area (Å²) in [5, 5.41) is 3.59. The van der Waals surface area contributed by atoms with Crippen molar-refractivity contribution in [2.45, 2.75) is 6.54 Å². The van der Waals surface area contributed by atoms with Crippen molar-refractivity contribution in [2.24, 2.45) is 0 Å².